The van der Waals surface area contributed by atoms with Crippen molar-refractivity contribution in [2.45, 2.75) is 25.6 Å². The van der Waals surface area contributed by atoms with Crippen LogP contribution in [0, 0.1) is 13.8 Å². The van der Waals surface area contributed by atoms with Crippen molar-refractivity contribution in [2.75, 3.05) is 5.75 Å². The van der Waals surface area contributed by atoms with Crippen molar-refractivity contribution in [1.82, 2.24) is 15.5 Å². The Labute approximate surface area is 143 Å². The van der Waals surface area contributed by atoms with Crippen molar-refractivity contribution >= 4 is 17.7 Å². The van der Waals surface area contributed by atoms with Crippen LogP contribution >= 0.6 is 11.8 Å². The molecule has 0 radical (unpaired) electrons. The molecule has 24 heavy (non-hydrogen) atoms. The van der Waals surface area contributed by atoms with E-state index < -0.39 is 0 Å². The average Bonchev–Trinajstić information content (AvgIpc) is 3.21. The number of amides is 1. The van der Waals surface area contributed by atoms with E-state index in [-0.39, 0.29) is 11.7 Å². The molecule has 0 aliphatic heterocycles. The van der Waals surface area contributed by atoms with Gasteiger partial charge in [-0.15, -0.1) is 10.2 Å². The van der Waals surface area contributed by atoms with E-state index in [0.717, 1.165) is 16.7 Å². The topological polar surface area (TPSA) is 81.2 Å². The fraction of sp³-hybridized carbons (Fsp3) is 0.235. The van der Waals surface area contributed by atoms with Gasteiger partial charge in [-0.05, 0) is 38.1 Å². The zero-order chi connectivity index (χ0) is 16.9. The molecule has 1 amide bonds. The van der Waals surface area contributed by atoms with Crippen molar-refractivity contribution in [3.8, 4) is 11.5 Å². The number of thioether (sulfide) groups is 1. The number of rotatable bonds is 6. The monoisotopic (exact) mass is 343 g/mol. The number of carbonyl (C=O) groups excluding carboxylic acids is 1. The van der Waals surface area contributed by atoms with Crippen LogP contribution < -0.4 is 5.32 Å². The van der Waals surface area contributed by atoms with Gasteiger partial charge in [0.25, 0.3) is 5.22 Å². The van der Waals surface area contributed by atoms with Crippen LogP contribution in [0.5, 0.6) is 0 Å². The summed E-state index contributed by atoms with van der Waals surface area (Å²) in [4.78, 5) is 11.8. The summed E-state index contributed by atoms with van der Waals surface area (Å²) >= 11 is 1.21. The first-order valence-electron chi connectivity index (χ1n) is 7.44. The first-order chi connectivity index (χ1) is 11.6. The highest BCUT2D eigenvalue weighted by Crippen LogP contribution is 2.24. The maximum absolute atomic E-state index is 11.8. The fourth-order valence-electron chi connectivity index (χ4n) is 2.26. The molecular weight excluding hydrogens is 326 g/mol. The summed E-state index contributed by atoms with van der Waals surface area (Å²) < 4.78 is 10.8. The van der Waals surface area contributed by atoms with Gasteiger partial charge in [0.1, 0.15) is 5.76 Å². The number of furan rings is 1. The standard InChI is InChI=1S/C17H17N3O3S/c1-11-6-12(2)8-13(7-11)16-19-20-17(23-16)24-10-15(21)18-9-14-4-3-5-22-14/h3-8H,9-10H2,1-2H3,(H,18,21). The van der Waals surface area contributed by atoms with E-state index in [4.69, 9.17) is 8.83 Å². The largest absolute Gasteiger partial charge is 0.467 e. The van der Waals surface area contributed by atoms with Gasteiger partial charge in [0.05, 0.1) is 18.6 Å². The van der Waals surface area contributed by atoms with E-state index in [9.17, 15) is 4.79 Å². The van der Waals surface area contributed by atoms with E-state index in [1.165, 1.54) is 11.8 Å². The molecule has 0 atom stereocenters. The second-order valence-electron chi connectivity index (χ2n) is 5.39. The average molecular weight is 343 g/mol. The number of hydrogen-bond donors (Lipinski definition) is 1. The number of aryl methyl sites for hydroxylation is 2. The lowest BCUT2D eigenvalue weighted by molar-refractivity contribution is -0.118. The normalized spacial score (nSPS) is 10.8. The molecule has 0 fully saturated rings. The predicted octanol–water partition coefficient (Wildman–Crippen LogP) is 3.35. The number of nitrogens with zero attached hydrogens (tertiary/aromatic N) is 2. The highest BCUT2D eigenvalue weighted by molar-refractivity contribution is 7.99. The molecule has 0 unspecified atom stereocenters. The maximum Gasteiger partial charge on any atom is 0.277 e. The molecule has 0 spiro atoms. The summed E-state index contributed by atoms with van der Waals surface area (Å²) in [5.74, 6) is 1.25. The second kappa shape index (κ2) is 7.35. The molecule has 0 aliphatic carbocycles. The SMILES string of the molecule is Cc1cc(C)cc(-c2nnc(SCC(=O)NCc3ccco3)o2)c1. The first kappa shape index (κ1) is 16.3. The third-order valence-corrected chi connectivity index (χ3v) is 4.06. The van der Waals surface area contributed by atoms with Crippen LogP contribution in [0.15, 0.2) is 50.7 Å². The Hall–Kier alpha value is -2.54. The molecule has 6 nitrogen and oxygen atoms in total. The van der Waals surface area contributed by atoms with E-state index in [0.29, 0.717) is 23.4 Å². The summed E-state index contributed by atoms with van der Waals surface area (Å²) in [5, 5.41) is 11.2. The highest BCUT2D eigenvalue weighted by Gasteiger charge is 2.12. The summed E-state index contributed by atoms with van der Waals surface area (Å²) in [5.41, 5.74) is 3.15. The Morgan fingerprint density at radius 2 is 2.00 bits per heavy atom. The van der Waals surface area contributed by atoms with Crippen molar-refractivity contribution in [1.29, 1.82) is 0 Å². The van der Waals surface area contributed by atoms with Gasteiger partial charge < -0.3 is 14.2 Å². The van der Waals surface area contributed by atoms with Gasteiger partial charge in [-0.1, -0.05) is 29.0 Å². The van der Waals surface area contributed by atoms with Crippen LogP contribution in [0.3, 0.4) is 0 Å². The molecule has 0 aliphatic rings. The molecular formula is C17H17N3O3S. The Kier molecular flexibility index (Phi) is 5.00. The Morgan fingerprint density at radius 3 is 2.71 bits per heavy atom. The number of carbonyl (C=O) groups is 1. The second-order valence-corrected chi connectivity index (χ2v) is 6.32. The molecule has 0 saturated heterocycles. The van der Waals surface area contributed by atoms with Gasteiger partial charge in [0, 0.05) is 5.56 Å². The van der Waals surface area contributed by atoms with Crippen molar-refractivity contribution in [3.05, 3.63) is 53.5 Å². The third-order valence-electron chi connectivity index (χ3n) is 3.24. The van der Waals surface area contributed by atoms with Gasteiger partial charge in [0.15, 0.2) is 0 Å². The molecule has 3 aromatic rings. The predicted molar refractivity (Wildman–Crippen MR) is 90.5 cm³/mol. The van der Waals surface area contributed by atoms with Crippen LogP contribution in [0.1, 0.15) is 16.9 Å². The fourth-order valence-corrected chi connectivity index (χ4v) is 2.85. The Morgan fingerprint density at radius 1 is 1.21 bits per heavy atom. The minimum atomic E-state index is -0.123. The van der Waals surface area contributed by atoms with Crippen LogP contribution in [-0.2, 0) is 11.3 Å². The number of nitrogens with one attached hydrogen (secondary N) is 1. The molecule has 3 rings (SSSR count). The minimum Gasteiger partial charge on any atom is -0.467 e. The molecule has 0 saturated carbocycles. The number of aromatic nitrogens is 2. The van der Waals surface area contributed by atoms with E-state index in [1.54, 1.807) is 12.3 Å². The molecule has 2 aromatic heterocycles. The Balaban J connectivity index is 1.55. The van der Waals surface area contributed by atoms with Crippen molar-refractivity contribution in [2.24, 2.45) is 0 Å². The lowest BCUT2D eigenvalue weighted by Crippen LogP contribution is -2.24. The van der Waals surface area contributed by atoms with E-state index >= 15 is 0 Å². The molecule has 124 valence electrons. The molecule has 7 heteroatoms. The Bertz CT molecular complexity index is 807. The smallest absolute Gasteiger partial charge is 0.277 e. The van der Waals surface area contributed by atoms with Crippen LogP contribution in [0.25, 0.3) is 11.5 Å². The number of benzene rings is 1. The summed E-state index contributed by atoms with van der Waals surface area (Å²) in [6, 6.07) is 9.65. The quantitative estimate of drug-likeness (QED) is 0.691. The van der Waals surface area contributed by atoms with Gasteiger partial charge in [0.2, 0.25) is 11.8 Å². The van der Waals surface area contributed by atoms with E-state index in [1.807, 2.05) is 32.0 Å². The lowest BCUT2D eigenvalue weighted by Gasteiger charge is -2.01. The van der Waals surface area contributed by atoms with Crippen LogP contribution in [0.4, 0.5) is 0 Å². The third kappa shape index (κ3) is 4.26. The summed E-state index contributed by atoms with van der Waals surface area (Å²) in [6.45, 7) is 4.40. The lowest BCUT2D eigenvalue weighted by atomic mass is 10.1. The summed E-state index contributed by atoms with van der Waals surface area (Å²) in [7, 11) is 0. The first-order valence-corrected chi connectivity index (χ1v) is 8.43. The minimum absolute atomic E-state index is 0.123. The zero-order valence-corrected chi connectivity index (χ0v) is 14.2. The molecule has 2 heterocycles. The zero-order valence-electron chi connectivity index (χ0n) is 13.4. The van der Waals surface area contributed by atoms with Crippen LogP contribution in [0.2, 0.25) is 0 Å². The van der Waals surface area contributed by atoms with Crippen molar-refractivity contribution in [3.63, 3.8) is 0 Å². The van der Waals surface area contributed by atoms with Gasteiger partial charge in [-0.25, -0.2) is 0 Å². The van der Waals surface area contributed by atoms with Gasteiger partial charge in [-0.2, -0.15) is 0 Å². The maximum atomic E-state index is 11.8. The van der Waals surface area contributed by atoms with Gasteiger partial charge >= 0.3 is 0 Å². The molecule has 1 N–H and O–H groups in total. The summed E-state index contributed by atoms with van der Waals surface area (Å²) in [6.07, 6.45) is 1.57. The molecule has 0 bridgehead atoms. The number of hydrogen-bond acceptors (Lipinski definition) is 6. The highest BCUT2D eigenvalue weighted by atomic mass is 32.2. The van der Waals surface area contributed by atoms with E-state index in [2.05, 4.69) is 21.6 Å². The molecule has 1 aromatic carbocycles. The van der Waals surface area contributed by atoms with Crippen LogP contribution in [-0.4, -0.2) is 21.9 Å². The van der Waals surface area contributed by atoms with Gasteiger partial charge in [-0.3, -0.25) is 4.79 Å². The van der Waals surface area contributed by atoms with Crippen molar-refractivity contribution < 1.29 is 13.6 Å².